The molecule has 3 amide bonds. The summed E-state index contributed by atoms with van der Waals surface area (Å²) in [6.07, 6.45) is 1.81. The lowest BCUT2D eigenvalue weighted by atomic mass is 10.2. The van der Waals surface area contributed by atoms with E-state index in [1.54, 1.807) is 21.9 Å². The van der Waals surface area contributed by atoms with Gasteiger partial charge in [-0.1, -0.05) is 11.6 Å². The Bertz CT molecular complexity index is 615. The molecular formula is C17H25ClN4O3. The van der Waals surface area contributed by atoms with Gasteiger partial charge in [0.05, 0.1) is 5.02 Å². The average Bonchev–Trinajstić information content (AvgIpc) is 2.70. The summed E-state index contributed by atoms with van der Waals surface area (Å²) >= 11 is 5.80. The van der Waals surface area contributed by atoms with E-state index in [-0.39, 0.29) is 18.2 Å². The fourth-order valence-electron chi connectivity index (χ4n) is 2.50. The minimum absolute atomic E-state index is 0.000244. The van der Waals surface area contributed by atoms with Crippen molar-refractivity contribution in [1.82, 2.24) is 14.8 Å². The lowest BCUT2D eigenvalue weighted by Crippen LogP contribution is -2.43. The van der Waals surface area contributed by atoms with Crippen molar-refractivity contribution in [2.45, 2.75) is 45.8 Å². The monoisotopic (exact) mass is 368 g/mol. The first-order valence-electron chi connectivity index (χ1n) is 8.33. The number of hydrogen-bond acceptors (Lipinski definition) is 4. The summed E-state index contributed by atoms with van der Waals surface area (Å²) in [5.74, 6) is 0.440. The van der Waals surface area contributed by atoms with Crippen LogP contribution in [0.15, 0.2) is 18.3 Å². The first-order chi connectivity index (χ1) is 11.7. The predicted octanol–water partition coefficient (Wildman–Crippen LogP) is 3.60. The van der Waals surface area contributed by atoms with Crippen molar-refractivity contribution < 1.29 is 14.3 Å². The molecule has 1 saturated heterocycles. The molecule has 0 aliphatic carbocycles. The number of carbonyl (C=O) groups excluding carboxylic acids is 2. The topological polar surface area (TPSA) is 74.8 Å². The number of carbonyl (C=O) groups is 2. The first kappa shape index (κ1) is 19.3. The number of ether oxygens (including phenoxy) is 1. The van der Waals surface area contributed by atoms with Crippen molar-refractivity contribution >= 4 is 29.5 Å². The van der Waals surface area contributed by atoms with E-state index in [2.05, 4.69) is 10.3 Å². The van der Waals surface area contributed by atoms with Crippen molar-refractivity contribution in [3.8, 4) is 0 Å². The van der Waals surface area contributed by atoms with E-state index in [1.807, 2.05) is 27.7 Å². The van der Waals surface area contributed by atoms with Crippen molar-refractivity contribution in [2.24, 2.45) is 0 Å². The fraction of sp³-hybridized carbons (Fsp3) is 0.588. The lowest BCUT2D eigenvalue weighted by molar-refractivity contribution is 0.0259. The number of nitrogens with one attached hydrogen (secondary N) is 1. The molecule has 1 fully saturated rings. The molecule has 1 unspecified atom stereocenters. The van der Waals surface area contributed by atoms with Crippen molar-refractivity contribution in [3.63, 3.8) is 0 Å². The van der Waals surface area contributed by atoms with Gasteiger partial charge >= 0.3 is 12.1 Å². The number of hydrogen-bond donors (Lipinski definition) is 1. The standard InChI is InChI=1S/C17H25ClN4O3/c1-12-7-8-21(16(24)25-17(2,3)4)9-10-22(12)15(23)20-14-6-5-13(18)11-19-14/h5-6,11-12H,7-10H2,1-4H3,(H,19,20,23). The molecule has 0 radical (unpaired) electrons. The van der Waals surface area contributed by atoms with Crippen molar-refractivity contribution in [1.29, 1.82) is 0 Å². The van der Waals surface area contributed by atoms with Gasteiger partial charge in [-0.2, -0.15) is 0 Å². The number of urea groups is 1. The number of pyridine rings is 1. The van der Waals surface area contributed by atoms with E-state index < -0.39 is 5.60 Å². The second kappa shape index (κ2) is 7.91. The molecule has 25 heavy (non-hydrogen) atoms. The molecule has 0 saturated carbocycles. The molecule has 2 heterocycles. The fourth-order valence-corrected chi connectivity index (χ4v) is 2.61. The maximum Gasteiger partial charge on any atom is 0.410 e. The Hall–Kier alpha value is -2.02. The van der Waals surface area contributed by atoms with Crippen molar-refractivity contribution in [2.75, 3.05) is 25.0 Å². The van der Waals surface area contributed by atoms with Crippen LogP contribution in [0.3, 0.4) is 0 Å². The zero-order chi connectivity index (χ0) is 18.6. The second-order valence-corrected chi connectivity index (χ2v) is 7.53. The maximum atomic E-state index is 12.5. The summed E-state index contributed by atoms with van der Waals surface area (Å²) < 4.78 is 5.42. The van der Waals surface area contributed by atoms with Gasteiger partial charge in [-0.25, -0.2) is 14.6 Å². The Kier molecular flexibility index (Phi) is 6.11. The molecule has 7 nitrogen and oxygen atoms in total. The number of aromatic nitrogens is 1. The predicted molar refractivity (Wildman–Crippen MR) is 96.9 cm³/mol. The van der Waals surface area contributed by atoms with Gasteiger partial charge in [0.2, 0.25) is 0 Å². The Morgan fingerprint density at radius 1 is 1.28 bits per heavy atom. The van der Waals surface area contributed by atoms with E-state index >= 15 is 0 Å². The highest BCUT2D eigenvalue weighted by Crippen LogP contribution is 2.17. The van der Waals surface area contributed by atoms with Gasteiger partial charge in [-0.05, 0) is 46.2 Å². The maximum absolute atomic E-state index is 12.5. The average molecular weight is 369 g/mol. The summed E-state index contributed by atoms with van der Waals surface area (Å²) in [6.45, 7) is 8.89. The summed E-state index contributed by atoms with van der Waals surface area (Å²) in [5.41, 5.74) is -0.535. The first-order valence-corrected chi connectivity index (χ1v) is 8.70. The Morgan fingerprint density at radius 2 is 2.00 bits per heavy atom. The van der Waals surface area contributed by atoms with Crippen LogP contribution in [0, 0.1) is 0 Å². The highest BCUT2D eigenvalue weighted by atomic mass is 35.5. The SMILES string of the molecule is CC1CCN(C(=O)OC(C)(C)C)CCN1C(=O)Nc1ccc(Cl)cn1. The molecular weight excluding hydrogens is 344 g/mol. The summed E-state index contributed by atoms with van der Waals surface area (Å²) in [6, 6.07) is 3.07. The van der Waals surface area contributed by atoms with Crippen LogP contribution in [0.2, 0.25) is 5.02 Å². The molecule has 1 aliphatic heterocycles. The summed E-state index contributed by atoms with van der Waals surface area (Å²) in [5, 5.41) is 3.27. The van der Waals surface area contributed by atoms with Gasteiger partial charge in [0, 0.05) is 31.9 Å². The van der Waals surface area contributed by atoms with E-state index in [1.165, 1.54) is 6.20 Å². The van der Waals surface area contributed by atoms with Gasteiger partial charge in [0.15, 0.2) is 0 Å². The third-order valence-electron chi connectivity index (χ3n) is 3.83. The van der Waals surface area contributed by atoms with Crippen LogP contribution in [-0.2, 0) is 4.74 Å². The van der Waals surface area contributed by atoms with Crippen LogP contribution in [0.1, 0.15) is 34.1 Å². The van der Waals surface area contributed by atoms with Gasteiger partial charge in [-0.15, -0.1) is 0 Å². The molecule has 2 rings (SSSR count). The highest BCUT2D eigenvalue weighted by molar-refractivity contribution is 6.30. The number of halogens is 1. The van der Waals surface area contributed by atoms with Crippen LogP contribution in [0.5, 0.6) is 0 Å². The molecule has 0 bridgehead atoms. The van der Waals surface area contributed by atoms with Gasteiger partial charge in [0.25, 0.3) is 0 Å². The molecule has 1 aliphatic rings. The number of amides is 3. The molecule has 0 spiro atoms. The molecule has 138 valence electrons. The lowest BCUT2D eigenvalue weighted by Gasteiger charge is -2.27. The van der Waals surface area contributed by atoms with Gasteiger partial charge in [0.1, 0.15) is 11.4 Å². The van der Waals surface area contributed by atoms with Crippen LogP contribution in [-0.4, -0.2) is 58.2 Å². The van der Waals surface area contributed by atoms with E-state index in [0.717, 1.165) is 0 Å². The number of rotatable bonds is 1. The van der Waals surface area contributed by atoms with Gasteiger partial charge < -0.3 is 14.5 Å². The highest BCUT2D eigenvalue weighted by Gasteiger charge is 2.29. The second-order valence-electron chi connectivity index (χ2n) is 7.09. The minimum Gasteiger partial charge on any atom is -0.444 e. The van der Waals surface area contributed by atoms with E-state index in [4.69, 9.17) is 16.3 Å². The molecule has 1 atom stereocenters. The largest absolute Gasteiger partial charge is 0.444 e. The normalized spacial score (nSPS) is 18.5. The summed E-state index contributed by atoms with van der Waals surface area (Å²) in [7, 11) is 0. The van der Waals surface area contributed by atoms with E-state index in [0.29, 0.717) is 36.9 Å². The van der Waals surface area contributed by atoms with Crippen LogP contribution < -0.4 is 5.32 Å². The zero-order valence-corrected chi connectivity index (χ0v) is 15.8. The third-order valence-corrected chi connectivity index (χ3v) is 4.06. The Morgan fingerprint density at radius 3 is 2.60 bits per heavy atom. The van der Waals surface area contributed by atoms with Crippen LogP contribution in [0.4, 0.5) is 15.4 Å². The minimum atomic E-state index is -0.535. The molecule has 0 aromatic carbocycles. The van der Waals surface area contributed by atoms with Gasteiger partial charge in [-0.3, -0.25) is 5.32 Å². The smallest absolute Gasteiger partial charge is 0.410 e. The zero-order valence-electron chi connectivity index (χ0n) is 15.1. The van der Waals surface area contributed by atoms with Crippen molar-refractivity contribution in [3.05, 3.63) is 23.4 Å². The van der Waals surface area contributed by atoms with Crippen LogP contribution >= 0.6 is 11.6 Å². The summed E-state index contributed by atoms with van der Waals surface area (Å²) in [4.78, 5) is 32.2. The number of nitrogens with zero attached hydrogens (tertiary/aromatic N) is 3. The Balaban J connectivity index is 1.97. The van der Waals surface area contributed by atoms with Crippen LogP contribution in [0.25, 0.3) is 0 Å². The number of anilines is 1. The molecule has 1 N–H and O–H groups in total. The third kappa shape index (κ3) is 5.77. The molecule has 8 heteroatoms. The molecule has 1 aromatic rings. The molecule has 1 aromatic heterocycles. The van der Waals surface area contributed by atoms with E-state index in [9.17, 15) is 9.59 Å². The Labute approximate surface area is 153 Å². The quantitative estimate of drug-likeness (QED) is 0.821.